The van der Waals surface area contributed by atoms with Crippen molar-refractivity contribution in [1.29, 1.82) is 0 Å². The number of ether oxygens (including phenoxy) is 1. The quantitative estimate of drug-likeness (QED) is 0.503. The van der Waals surface area contributed by atoms with Gasteiger partial charge in [0.25, 0.3) is 0 Å². The van der Waals surface area contributed by atoms with E-state index in [-0.39, 0.29) is 5.75 Å². The lowest BCUT2D eigenvalue weighted by Crippen LogP contribution is -1.98. The van der Waals surface area contributed by atoms with Crippen LogP contribution in [0.2, 0.25) is 0 Å². The number of pyridine rings is 1. The van der Waals surface area contributed by atoms with Crippen molar-refractivity contribution >= 4 is 23.1 Å². The third-order valence-electron chi connectivity index (χ3n) is 4.31. The zero-order valence-corrected chi connectivity index (χ0v) is 15.2. The molecule has 0 bridgehead atoms. The van der Waals surface area contributed by atoms with E-state index in [1.54, 1.807) is 12.1 Å². The fourth-order valence-corrected chi connectivity index (χ4v) is 2.85. The van der Waals surface area contributed by atoms with Gasteiger partial charge in [-0.05, 0) is 42.8 Å². The van der Waals surface area contributed by atoms with E-state index in [9.17, 15) is 5.11 Å². The van der Waals surface area contributed by atoms with Gasteiger partial charge in [-0.15, -0.1) is 0 Å². The lowest BCUT2D eigenvalue weighted by Gasteiger charge is -2.10. The van der Waals surface area contributed by atoms with E-state index in [2.05, 4.69) is 24.0 Å². The van der Waals surface area contributed by atoms with Crippen molar-refractivity contribution in [2.24, 2.45) is 0 Å². The highest BCUT2D eigenvalue weighted by Gasteiger charge is 2.03. The Morgan fingerprint density at radius 1 is 0.962 bits per heavy atom. The Bertz CT molecular complexity index is 886. The molecule has 0 amide bonds. The third-order valence-corrected chi connectivity index (χ3v) is 4.31. The van der Waals surface area contributed by atoms with E-state index >= 15 is 0 Å². The number of fused-ring (bicyclic) bond motifs is 1. The number of aromatic nitrogens is 1. The second kappa shape index (κ2) is 9.04. The zero-order valence-electron chi connectivity index (χ0n) is 15.2. The van der Waals surface area contributed by atoms with Crippen molar-refractivity contribution in [1.82, 2.24) is 4.98 Å². The van der Waals surface area contributed by atoms with Gasteiger partial charge in [-0.2, -0.15) is 0 Å². The average molecular weight is 347 g/mol. The van der Waals surface area contributed by atoms with Gasteiger partial charge in [0.15, 0.2) is 0 Å². The lowest BCUT2D eigenvalue weighted by atomic mass is 10.1. The Kier molecular flexibility index (Phi) is 6.26. The van der Waals surface area contributed by atoms with Crippen LogP contribution in [0.5, 0.6) is 11.5 Å². The fraction of sp³-hybridized carbons (Fsp3) is 0.261. The van der Waals surface area contributed by atoms with Crippen LogP contribution >= 0.6 is 0 Å². The molecule has 0 spiro atoms. The van der Waals surface area contributed by atoms with Gasteiger partial charge in [0.05, 0.1) is 17.8 Å². The molecule has 1 aromatic heterocycles. The number of rotatable bonds is 8. The molecule has 2 aromatic carbocycles. The molecule has 1 N–H and O–H groups in total. The van der Waals surface area contributed by atoms with Crippen molar-refractivity contribution in [3.8, 4) is 11.5 Å². The molecular formula is C23H25NO2. The average Bonchev–Trinajstić information content (AvgIpc) is 2.67. The molecule has 1 heterocycles. The number of phenolic OH excluding ortho intramolecular Hbond substituents is 1. The highest BCUT2D eigenvalue weighted by molar-refractivity contribution is 5.81. The minimum absolute atomic E-state index is 0.217. The molecule has 0 atom stereocenters. The molecule has 0 saturated heterocycles. The monoisotopic (exact) mass is 347 g/mol. The first kappa shape index (κ1) is 18.0. The normalized spacial score (nSPS) is 11.3. The fourth-order valence-electron chi connectivity index (χ4n) is 2.85. The van der Waals surface area contributed by atoms with Crippen LogP contribution in [0.3, 0.4) is 0 Å². The smallest absolute Gasteiger partial charge is 0.130 e. The number of benzene rings is 2. The minimum atomic E-state index is 0.217. The first-order valence-electron chi connectivity index (χ1n) is 9.26. The van der Waals surface area contributed by atoms with Gasteiger partial charge in [-0.1, -0.05) is 50.5 Å². The summed E-state index contributed by atoms with van der Waals surface area (Å²) >= 11 is 0. The van der Waals surface area contributed by atoms with Crippen molar-refractivity contribution in [2.45, 2.75) is 32.6 Å². The summed E-state index contributed by atoms with van der Waals surface area (Å²) in [6.07, 6.45) is 8.59. The molecule has 3 nitrogen and oxygen atoms in total. The number of unbranched alkanes of at least 4 members (excludes halogenated alkanes) is 3. The number of phenols is 1. The third kappa shape index (κ3) is 4.85. The Morgan fingerprint density at radius 3 is 2.73 bits per heavy atom. The van der Waals surface area contributed by atoms with Gasteiger partial charge in [0, 0.05) is 17.0 Å². The molecule has 0 aliphatic rings. The van der Waals surface area contributed by atoms with Crippen LogP contribution < -0.4 is 4.74 Å². The molecule has 0 aliphatic carbocycles. The van der Waals surface area contributed by atoms with Crippen molar-refractivity contribution in [3.05, 3.63) is 65.9 Å². The van der Waals surface area contributed by atoms with Gasteiger partial charge >= 0.3 is 0 Å². The van der Waals surface area contributed by atoms with Crippen molar-refractivity contribution < 1.29 is 9.84 Å². The summed E-state index contributed by atoms with van der Waals surface area (Å²) in [5.74, 6) is 0.924. The summed E-state index contributed by atoms with van der Waals surface area (Å²) in [4.78, 5) is 4.66. The van der Waals surface area contributed by atoms with Crippen LogP contribution in [-0.4, -0.2) is 16.7 Å². The molecule has 0 saturated carbocycles. The van der Waals surface area contributed by atoms with E-state index in [1.165, 1.54) is 19.3 Å². The standard InChI is InChI=1S/C23H25NO2/c1-2-3-4-7-16-26-23-17-21(25)15-12-19(23)11-14-20-13-10-18-8-5-6-9-22(18)24-20/h5-6,8-15,17,25H,2-4,7,16H2,1H3/b14-11+. The molecule has 0 radical (unpaired) electrons. The summed E-state index contributed by atoms with van der Waals surface area (Å²) in [5.41, 5.74) is 2.81. The first-order chi connectivity index (χ1) is 12.8. The molecule has 0 aliphatic heterocycles. The summed E-state index contributed by atoms with van der Waals surface area (Å²) < 4.78 is 5.89. The van der Waals surface area contributed by atoms with Crippen LogP contribution in [0.15, 0.2) is 54.6 Å². The molecule has 26 heavy (non-hydrogen) atoms. The predicted octanol–water partition coefficient (Wildman–Crippen LogP) is 6.07. The number of para-hydroxylation sites is 1. The van der Waals surface area contributed by atoms with E-state index < -0.39 is 0 Å². The molecule has 0 fully saturated rings. The summed E-state index contributed by atoms with van der Waals surface area (Å²) in [7, 11) is 0. The van der Waals surface area contributed by atoms with E-state index in [4.69, 9.17) is 4.74 Å². The van der Waals surface area contributed by atoms with Crippen LogP contribution in [0.25, 0.3) is 23.1 Å². The van der Waals surface area contributed by atoms with E-state index in [1.807, 2.05) is 42.5 Å². The maximum atomic E-state index is 9.77. The second-order valence-corrected chi connectivity index (χ2v) is 6.39. The molecular weight excluding hydrogens is 322 g/mol. The number of nitrogens with zero attached hydrogens (tertiary/aromatic N) is 1. The largest absolute Gasteiger partial charge is 0.508 e. The van der Waals surface area contributed by atoms with Crippen LogP contribution in [0.4, 0.5) is 0 Å². The number of hydrogen-bond donors (Lipinski definition) is 1. The Balaban J connectivity index is 1.73. The van der Waals surface area contributed by atoms with Crippen molar-refractivity contribution in [2.75, 3.05) is 6.61 Å². The molecule has 134 valence electrons. The van der Waals surface area contributed by atoms with Gasteiger partial charge in [0.1, 0.15) is 11.5 Å². The maximum absolute atomic E-state index is 9.77. The first-order valence-corrected chi connectivity index (χ1v) is 9.26. The van der Waals surface area contributed by atoms with Crippen LogP contribution in [0, 0.1) is 0 Å². The molecule has 0 unspecified atom stereocenters. The number of hydrogen-bond acceptors (Lipinski definition) is 3. The minimum Gasteiger partial charge on any atom is -0.508 e. The topological polar surface area (TPSA) is 42.4 Å². The lowest BCUT2D eigenvalue weighted by molar-refractivity contribution is 0.303. The predicted molar refractivity (Wildman–Crippen MR) is 108 cm³/mol. The summed E-state index contributed by atoms with van der Waals surface area (Å²) in [6.45, 7) is 2.86. The SMILES string of the molecule is CCCCCCOc1cc(O)ccc1/C=C/c1ccc2ccccc2n1. The highest BCUT2D eigenvalue weighted by atomic mass is 16.5. The van der Waals surface area contributed by atoms with Gasteiger partial charge < -0.3 is 9.84 Å². The molecule has 3 aromatic rings. The highest BCUT2D eigenvalue weighted by Crippen LogP contribution is 2.26. The van der Waals surface area contributed by atoms with Crippen molar-refractivity contribution in [3.63, 3.8) is 0 Å². The van der Waals surface area contributed by atoms with Gasteiger partial charge in [0.2, 0.25) is 0 Å². The summed E-state index contributed by atoms with van der Waals surface area (Å²) in [5, 5.41) is 10.9. The maximum Gasteiger partial charge on any atom is 0.130 e. The Hall–Kier alpha value is -2.81. The van der Waals surface area contributed by atoms with Crippen LogP contribution in [0.1, 0.15) is 43.9 Å². The Labute approximate surface area is 155 Å². The summed E-state index contributed by atoms with van der Waals surface area (Å²) in [6, 6.07) is 17.4. The van der Waals surface area contributed by atoms with Crippen LogP contribution in [-0.2, 0) is 0 Å². The van der Waals surface area contributed by atoms with Gasteiger partial charge in [-0.3, -0.25) is 0 Å². The molecule has 3 heteroatoms. The Morgan fingerprint density at radius 2 is 1.85 bits per heavy atom. The van der Waals surface area contributed by atoms with E-state index in [0.717, 1.165) is 28.6 Å². The van der Waals surface area contributed by atoms with E-state index in [0.29, 0.717) is 12.4 Å². The van der Waals surface area contributed by atoms with Gasteiger partial charge in [-0.25, -0.2) is 4.98 Å². The molecule has 3 rings (SSSR count). The number of aromatic hydroxyl groups is 1. The second-order valence-electron chi connectivity index (χ2n) is 6.39. The zero-order chi connectivity index (χ0) is 18.2.